The third kappa shape index (κ3) is 3.05. The zero-order valence-corrected chi connectivity index (χ0v) is 11.0. The lowest BCUT2D eigenvalue weighted by atomic mass is 10.1. The highest BCUT2D eigenvalue weighted by Gasteiger charge is 2.13. The van der Waals surface area contributed by atoms with Gasteiger partial charge in [-0.05, 0) is 31.4 Å². The zero-order valence-electron chi connectivity index (χ0n) is 9.50. The Morgan fingerprint density at radius 2 is 1.71 bits per heavy atom. The van der Waals surface area contributed by atoms with Crippen molar-refractivity contribution in [2.24, 2.45) is 10.7 Å². The van der Waals surface area contributed by atoms with Gasteiger partial charge in [-0.15, -0.1) is 0 Å². The van der Waals surface area contributed by atoms with Crippen LogP contribution in [0.2, 0.25) is 10.0 Å². The molecule has 1 aromatic carbocycles. The molecule has 0 atom stereocenters. The molecule has 3 nitrogen and oxygen atoms in total. The first-order chi connectivity index (χ1) is 8.18. The molecule has 0 aromatic heterocycles. The SMILES string of the molecule is NC(=Nc1c(Cl)cccc1Cl)N1CCCCC1. The monoisotopic (exact) mass is 271 g/mol. The molecule has 0 aliphatic carbocycles. The fourth-order valence-corrected chi connectivity index (χ4v) is 2.39. The second-order valence-electron chi connectivity index (χ2n) is 4.09. The first-order valence-corrected chi connectivity index (χ1v) is 6.47. The van der Waals surface area contributed by atoms with Gasteiger partial charge in [0.2, 0.25) is 0 Å². The fourth-order valence-electron chi connectivity index (χ4n) is 1.90. The summed E-state index contributed by atoms with van der Waals surface area (Å²) in [6, 6.07) is 5.31. The number of halogens is 2. The Kier molecular flexibility index (Phi) is 4.13. The molecule has 0 radical (unpaired) electrons. The van der Waals surface area contributed by atoms with Crippen LogP contribution in [0.3, 0.4) is 0 Å². The summed E-state index contributed by atoms with van der Waals surface area (Å²) in [4.78, 5) is 6.41. The number of nitrogens with zero attached hydrogens (tertiary/aromatic N) is 2. The lowest BCUT2D eigenvalue weighted by Gasteiger charge is -2.27. The Balaban J connectivity index is 2.22. The fraction of sp³-hybridized carbons (Fsp3) is 0.417. The summed E-state index contributed by atoms with van der Waals surface area (Å²) in [5.41, 5.74) is 6.53. The number of guanidine groups is 1. The molecular formula is C12H15Cl2N3. The number of piperidine rings is 1. The van der Waals surface area contributed by atoms with E-state index in [4.69, 9.17) is 28.9 Å². The Morgan fingerprint density at radius 3 is 2.29 bits per heavy atom. The number of rotatable bonds is 1. The first-order valence-electron chi connectivity index (χ1n) is 5.71. The highest BCUT2D eigenvalue weighted by atomic mass is 35.5. The normalized spacial score (nSPS) is 17.3. The van der Waals surface area contributed by atoms with Crippen LogP contribution >= 0.6 is 23.2 Å². The van der Waals surface area contributed by atoms with Crippen molar-refractivity contribution in [2.45, 2.75) is 19.3 Å². The molecular weight excluding hydrogens is 257 g/mol. The van der Waals surface area contributed by atoms with Crippen molar-refractivity contribution in [3.63, 3.8) is 0 Å². The second kappa shape index (κ2) is 5.61. The van der Waals surface area contributed by atoms with E-state index >= 15 is 0 Å². The van der Waals surface area contributed by atoms with Crippen molar-refractivity contribution in [1.29, 1.82) is 0 Å². The molecule has 2 N–H and O–H groups in total. The summed E-state index contributed by atoms with van der Waals surface area (Å²) in [5, 5.41) is 1.05. The van der Waals surface area contributed by atoms with Crippen molar-refractivity contribution in [2.75, 3.05) is 13.1 Å². The largest absolute Gasteiger partial charge is 0.369 e. The van der Waals surface area contributed by atoms with Gasteiger partial charge in [0.05, 0.1) is 10.0 Å². The molecule has 1 saturated heterocycles. The van der Waals surface area contributed by atoms with Crippen LogP contribution in [0, 0.1) is 0 Å². The Hall–Kier alpha value is -0.930. The molecule has 0 saturated carbocycles. The summed E-state index contributed by atoms with van der Waals surface area (Å²) in [5.74, 6) is 0.500. The molecule has 0 unspecified atom stereocenters. The molecule has 1 aliphatic heterocycles. The number of aliphatic imine (C=N–C) groups is 1. The third-order valence-corrected chi connectivity index (χ3v) is 3.45. The zero-order chi connectivity index (χ0) is 12.3. The second-order valence-corrected chi connectivity index (χ2v) is 4.90. The highest BCUT2D eigenvalue weighted by molar-refractivity contribution is 6.38. The van der Waals surface area contributed by atoms with Crippen LogP contribution in [0.1, 0.15) is 19.3 Å². The van der Waals surface area contributed by atoms with Crippen LogP contribution in [-0.2, 0) is 0 Å². The summed E-state index contributed by atoms with van der Waals surface area (Å²) < 4.78 is 0. The summed E-state index contributed by atoms with van der Waals surface area (Å²) in [7, 11) is 0. The first kappa shape index (κ1) is 12.5. The lowest BCUT2D eigenvalue weighted by molar-refractivity contribution is 0.339. The van der Waals surface area contributed by atoms with Gasteiger partial charge in [0.25, 0.3) is 0 Å². The molecule has 1 aliphatic rings. The minimum Gasteiger partial charge on any atom is -0.369 e. The summed E-state index contributed by atoms with van der Waals surface area (Å²) in [6.07, 6.45) is 3.58. The number of hydrogen-bond donors (Lipinski definition) is 1. The van der Waals surface area contributed by atoms with Gasteiger partial charge in [-0.1, -0.05) is 29.3 Å². The van der Waals surface area contributed by atoms with Gasteiger partial charge in [-0.3, -0.25) is 0 Å². The predicted octanol–water partition coefficient (Wildman–Crippen LogP) is 3.43. The van der Waals surface area contributed by atoms with Gasteiger partial charge < -0.3 is 10.6 Å². The average molecular weight is 272 g/mol. The molecule has 1 heterocycles. The van der Waals surface area contributed by atoms with Crippen molar-refractivity contribution < 1.29 is 0 Å². The molecule has 2 rings (SSSR count). The van der Waals surface area contributed by atoms with Crippen LogP contribution in [0.15, 0.2) is 23.2 Å². The van der Waals surface area contributed by atoms with E-state index in [0.717, 1.165) is 25.9 Å². The third-order valence-electron chi connectivity index (χ3n) is 2.84. The maximum Gasteiger partial charge on any atom is 0.196 e. The number of hydrogen-bond acceptors (Lipinski definition) is 1. The molecule has 92 valence electrons. The number of likely N-dealkylation sites (tertiary alicyclic amines) is 1. The number of para-hydroxylation sites is 1. The van der Waals surface area contributed by atoms with Gasteiger partial charge >= 0.3 is 0 Å². The molecule has 1 aromatic rings. The van der Waals surface area contributed by atoms with Gasteiger partial charge in [-0.2, -0.15) is 0 Å². The molecule has 1 fully saturated rings. The van der Waals surface area contributed by atoms with E-state index in [1.54, 1.807) is 18.2 Å². The molecule has 0 bridgehead atoms. The Morgan fingerprint density at radius 1 is 1.12 bits per heavy atom. The summed E-state index contributed by atoms with van der Waals surface area (Å²) >= 11 is 12.1. The average Bonchev–Trinajstić information content (AvgIpc) is 2.35. The molecule has 17 heavy (non-hydrogen) atoms. The quantitative estimate of drug-likeness (QED) is 0.628. The van der Waals surface area contributed by atoms with Crippen molar-refractivity contribution >= 4 is 34.8 Å². The standard InChI is InChI=1S/C12H15Cl2N3/c13-9-5-4-6-10(14)11(9)16-12(15)17-7-2-1-3-8-17/h4-6H,1-3,7-8H2,(H2,15,16). The minimum absolute atomic E-state index is 0.500. The molecule has 5 heteroatoms. The van der Waals surface area contributed by atoms with E-state index in [1.165, 1.54) is 6.42 Å². The van der Waals surface area contributed by atoms with Crippen molar-refractivity contribution in [3.05, 3.63) is 28.2 Å². The van der Waals surface area contributed by atoms with Gasteiger partial charge in [-0.25, -0.2) is 4.99 Å². The van der Waals surface area contributed by atoms with E-state index in [0.29, 0.717) is 21.7 Å². The maximum atomic E-state index is 6.05. The van der Waals surface area contributed by atoms with Crippen molar-refractivity contribution in [3.8, 4) is 0 Å². The predicted molar refractivity (Wildman–Crippen MR) is 73.2 cm³/mol. The lowest BCUT2D eigenvalue weighted by Crippen LogP contribution is -2.40. The van der Waals surface area contributed by atoms with Crippen LogP contribution in [0.5, 0.6) is 0 Å². The molecule has 0 amide bonds. The van der Waals surface area contributed by atoms with Gasteiger partial charge in [0.1, 0.15) is 5.69 Å². The van der Waals surface area contributed by atoms with Gasteiger partial charge in [0.15, 0.2) is 5.96 Å². The number of nitrogens with two attached hydrogens (primary N) is 1. The van der Waals surface area contributed by atoms with Gasteiger partial charge in [0, 0.05) is 13.1 Å². The maximum absolute atomic E-state index is 6.05. The Bertz CT molecular complexity index is 406. The number of benzene rings is 1. The van der Waals surface area contributed by atoms with E-state index in [2.05, 4.69) is 9.89 Å². The minimum atomic E-state index is 0.500. The van der Waals surface area contributed by atoms with Crippen LogP contribution in [0.25, 0.3) is 0 Å². The Labute approximate surface area is 111 Å². The topological polar surface area (TPSA) is 41.6 Å². The highest BCUT2D eigenvalue weighted by Crippen LogP contribution is 2.32. The van der Waals surface area contributed by atoms with Crippen molar-refractivity contribution in [1.82, 2.24) is 4.90 Å². The molecule has 0 spiro atoms. The van der Waals surface area contributed by atoms with Crippen LogP contribution in [0.4, 0.5) is 5.69 Å². The van der Waals surface area contributed by atoms with E-state index in [1.807, 2.05) is 0 Å². The van der Waals surface area contributed by atoms with E-state index in [-0.39, 0.29) is 0 Å². The van der Waals surface area contributed by atoms with Crippen LogP contribution in [-0.4, -0.2) is 23.9 Å². The summed E-state index contributed by atoms with van der Waals surface area (Å²) in [6.45, 7) is 1.91. The van der Waals surface area contributed by atoms with E-state index < -0.39 is 0 Å². The smallest absolute Gasteiger partial charge is 0.196 e. The van der Waals surface area contributed by atoms with E-state index in [9.17, 15) is 0 Å². The van der Waals surface area contributed by atoms with Crippen LogP contribution < -0.4 is 5.73 Å².